The summed E-state index contributed by atoms with van der Waals surface area (Å²) in [7, 11) is 1.83. The first-order valence-corrected chi connectivity index (χ1v) is 13.6. The molecule has 1 aromatic carbocycles. The molecule has 0 aromatic heterocycles. The van der Waals surface area contributed by atoms with Crippen LogP contribution in [0.4, 0.5) is 0 Å². The van der Waals surface area contributed by atoms with Crippen LogP contribution in [0.5, 0.6) is 11.5 Å². The molecule has 3 N–H and O–H groups in total. The standard InChI is InChI=1S/C29H41NO4/c1-25(2,3)26(4,32)20-15-27-8-9-29(20,33-5)24-28(27)10-11-30-21(27)14-18-17(12-16-6-7-16)13-19(31)23(34-24)22(18)28/h13,16,20-21,24,30-32H,6-12,14-15H2,1-5H3/t20-,21?,24+,26-,27?,28-,29?/m0/s1. The van der Waals surface area contributed by atoms with Gasteiger partial charge in [-0.2, -0.15) is 0 Å². The quantitative estimate of drug-likeness (QED) is 0.618. The molecule has 5 fully saturated rings. The fourth-order valence-corrected chi connectivity index (χ4v) is 9.50. The van der Waals surface area contributed by atoms with Crippen LogP contribution in [0.15, 0.2) is 6.07 Å². The second-order valence-electron chi connectivity index (χ2n) is 13.8. The highest BCUT2D eigenvalue weighted by molar-refractivity contribution is 5.65. The summed E-state index contributed by atoms with van der Waals surface area (Å²) >= 11 is 0. The summed E-state index contributed by atoms with van der Waals surface area (Å²) in [6.07, 6.45) is 8.45. The zero-order valence-electron chi connectivity index (χ0n) is 21.5. The summed E-state index contributed by atoms with van der Waals surface area (Å²) in [5.74, 6) is 1.77. The molecule has 186 valence electrons. The SMILES string of the molecule is COC12CCC3(C[C@H]1[C@](C)(O)C(C)(C)C)C1Cc4c(CC5CC5)cc(O)c5c4[C@@]3(CCN1)[C@H]2O5. The molecule has 0 amide bonds. The predicted octanol–water partition coefficient (Wildman–Crippen LogP) is 4.24. The molecule has 1 saturated heterocycles. The Morgan fingerprint density at radius 2 is 1.94 bits per heavy atom. The lowest BCUT2D eigenvalue weighted by atomic mass is 9.33. The topological polar surface area (TPSA) is 71.0 Å². The van der Waals surface area contributed by atoms with Crippen molar-refractivity contribution in [1.82, 2.24) is 5.32 Å². The Labute approximate surface area is 203 Å². The third-order valence-electron chi connectivity index (χ3n) is 11.8. The molecule has 8 rings (SSSR count). The molecule has 5 nitrogen and oxygen atoms in total. The van der Waals surface area contributed by atoms with Crippen molar-refractivity contribution in [2.24, 2.45) is 22.7 Å². The van der Waals surface area contributed by atoms with Gasteiger partial charge in [0, 0.05) is 35.5 Å². The molecular formula is C29H41NO4. The van der Waals surface area contributed by atoms with Crippen molar-refractivity contribution >= 4 is 0 Å². The number of phenolic OH excluding ortho intramolecular Hbond substituents is 1. The summed E-state index contributed by atoms with van der Waals surface area (Å²) in [5.41, 5.74) is 2.19. The zero-order valence-corrected chi connectivity index (χ0v) is 21.5. The highest BCUT2D eigenvalue weighted by Crippen LogP contribution is 2.77. The summed E-state index contributed by atoms with van der Waals surface area (Å²) < 4.78 is 13.5. The zero-order chi connectivity index (χ0) is 23.9. The molecule has 5 heteroatoms. The maximum Gasteiger partial charge on any atom is 0.165 e. The Morgan fingerprint density at radius 3 is 2.62 bits per heavy atom. The number of hydrogen-bond acceptors (Lipinski definition) is 5. The van der Waals surface area contributed by atoms with Crippen molar-refractivity contribution < 1.29 is 19.7 Å². The van der Waals surface area contributed by atoms with Gasteiger partial charge < -0.3 is 25.0 Å². The van der Waals surface area contributed by atoms with E-state index in [0.29, 0.717) is 11.8 Å². The Morgan fingerprint density at radius 1 is 1.18 bits per heavy atom. The van der Waals surface area contributed by atoms with E-state index in [9.17, 15) is 10.2 Å². The molecule has 7 aliphatic rings. The van der Waals surface area contributed by atoms with Crippen molar-refractivity contribution in [2.45, 2.75) is 108 Å². The normalized spacial score (nSPS) is 43.3. The van der Waals surface area contributed by atoms with Crippen LogP contribution in [-0.2, 0) is 23.0 Å². The number of piperidine rings is 1. The maximum atomic E-state index is 12.1. The molecule has 2 heterocycles. The summed E-state index contributed by atoms with van der Waals surface area (Å²) in [5, 5.41) is 27.4. The first-order chi connectivity index (χ1) is 16.0. The summed E-state index contributed by atoms with van der Waals surface area (Å²) in [4.78, 5) is 0. The first-order valence-electron chi connectivity index (χ1n) is 13.6. The lowest BCUT2D eigenvalue weighted by Crippen LogP contribution is -2.83. The Hall–Kier alpha value is -1.30. The predicted molar refractivity (Wildman–Crippen MR) is 130 cm³/mol. The van der Waals surface area contributed by atoms with E-state index in [2.05, 4.69) is 26.1 Å². The van der Waals surface area contributed by atoms with Gasteiger partial charge in [0.15, 0.2) is 11.5 Å². The average molecular weight is 468 g/mol. The van der Waals surface area contributed by atoms with Crippen molar-refractivity contribution in [2.75, 3.05) is 13.7 Å². The number of phenols is 1. The first kappa shape index (κ1) is 21.9. The van der Waals surface area contributed by atoms with Gasteiger partial charge in [-0.15, -0.1) is 0 Å². The Balaban J connectivity index is 1.48. The van der Waals surface area contributed by atoms with E-state index in [1.165, 1.54) is 29.5 Å². The number of fused-ring (bicyclic) bond motifs is 2. The number of aliphatic hydroxyl groups is 1. The number of ether oxygens (including phenoxy) is 2. The number of rotatable bonds is 4. The van der Waals surface area contributed by atoms with Crippen LogP contribution in [0.2, 0.25) is 0 Å². The van der Waals surface area contributed by atoms with Gasteiger partial charge in [-0.3, -0.25) is 0 Å². The van der Waals surface area contributed by atoms with Crippen LogP contribution in [0.1, 0.15) is 82.9 Å². The van der Waals surface area contributed by atoms with E-state index in [-0.39, 0.29) is 28.3 Å². The minimum atomic E-state index is -0.913. The minimum absolute atomic E-state index is 0.0129. The number of hydrogen-bond donors (Lipinski definition) is 3. The molecule has 5 aliphatic carbocycles. The Kier molecular flexibility index (Phi) is 4.08. The smallest absolute Gasteiger partial charge is 0.165 e. The van der Waals surface area contributed by atoms with Gasteiger partial charge in [0.25, 0.3) is 0 Å². The van der Waals surface area contributed by atoms with Gasteiger partial charge >= 0.3 is 0 Å². The minimum Gasteiger partial charge on any atom is -0.504 e. The lowest BCUT2D eigenvalue weighted by molar-refractivity contribution is -0.303. The molecule has 4 bridgehead atoms. The van der Waals surface area contributed by atoms with Crippen molar-refractivity contribution in [3.8, 4) is 11.5 Å². The fourth-order valence-electron chi connectivity index (χ4n) is 9.50. The van der Waals surface area contributed by atoms with Crippen LogP contribution >= 0.6 is 0 Å². The molecule has 7 atom stereocenters. The van der Waals surface area contributed by atoms with Gasteiger partial charge in [0.2, 0.25) is 0 Å². The lowest BCUT2D eigenvalue weighted by Gasteiger charge is -2.74. The molecule has 2 spiro atoms. The fraction of sp³-hybridized carbons (Fsp3) is 0.793. The van der Waals surface area contributed by atoms with Crippen LogP contribution in [0.25, 0.3) is 0 Å². The van der Waals surface area contributed by atoms with E-state index in [1.807, 2.05) is 20.1 Å². The number of benzene rings is 1. The van der Waals surface area contributed by atoms with E-state index < -0.39 is 11.2 Å². The molecule has 0 radical (unpaired) electrons. The van der Waals surface area contributed by atoms with Gasteiger partial charge in [-0.05, 0) is 93.4 Å². The third-order valence-corrected chi connectivity index (χ3v) is 11.8. The van der Waals surface area contributed by atoms with Gasteiger partial charge in [0.05, 0.1) is 5.60 Å². The molecule has 34 heavy (non-hydrogen) atoms. The van der Waals surface area contributed by atoms with Crippen molar-refractivity contribution in [3.63, 3.8) is 0 Å². The maximum absolute atomic E-state index is 12.1. The van der Waals surface area contributed by atoms with Crippen molar-refractivity contribution in [1.29, 1.82) is 0 Å². The number of methoxy groups -OCH3 is 1. The van der Waals surface area contributed by atoms with Gasteiger partial charge in [-0.1, -0.05) is 20.8 Å². The molecule has 2 aliphatic heterocycles. The molecular weight excluding hydrogens is 426 g/mol. The van der Waals surface area contributed by atoms with Crippen molar-refractivity contribution in [3.05, 3.63) is 22.8 Å². The number of aromatic hydroxyl groups is 1. The summed E-state index contributed by atoms with van der Waals surface area (Å²) in [6, 6.07) is 2.39. The van der Waals surface area contributed by atoms with E-state index in [4.69, 9.17) is 9.47 Å². The highest BCUT2D eigenvalue weighted by Gasteiger charge is 2.81. The van der Waals surface area contributed by atoms with Crippen LogP contribution in [0.3, 0.4) is 0 Å². The second-order valence-corrected chi connectivity index (χ2v) is 13.8. The molecule has 4 saturated carbocycles. The summed E-state index contributed by atoms with van der Waals surface area (Å²) in [6.45, 7) is 9.42. The Bertz CT molecular complexity index is 1070. The third kappa shape index (κ3) is 2.25. The number of nitrogens with one attached hydrogen (secondary N) is 1. The average Bonchev–Trinajstić information content (AvgIpc) is 3.51. The molecule has 3 unspecified atom stereocenters. The van der Waals surface area contributed by atoms with Gasteiger partial charge in [0.1, 0.15) is 11.7 Å². The van der Waals surface area contributed by atoms with E-state index >= 15 is 0 Å². The second kappa shape index (κ2) is 6.33. The van der Waals surface area contributed by atoms with E-state index in [0.717, 1.165) is 56.7 Å². The monoisotopic (exact) mass is 467 g/mol. The highest BCUT2D eigenvalue weighted by atomic mass is 16.6. The largest absolute Gasteiger partial charge is 0.504 e. The van der Waals surface area contributed by atoms with Gasteiger partial charge in [-0.25, -0.2) is 0 Å². The molecule has 1 aromatic rings. The van der Waals surface area contributed by atoms with E-state index in [1.54, 1.807) is 0 Å². The van der Waals surface area contributed by atoms with Crippen LogP contribution in [0, 0.1) is 22.7 Å². The van der Waals surface area contributed by atoms with Crippen LogP contribution in [-0.4, -0.2) is 47.2 Å². The van der Waals surface area contributed by atoms with Crippen LogP contribution < -0.4 is 10.1 Å².